The van der Waals surface area contributed by atoms with Crippen LogP contribution in [0.15, 0.2) is 0 Å². The molecule has 0 saturated carbocycles. The normalized spacial score (nSPS) is 18.3. The van der Waals surface area contributed by atoms with E-state index in [0.717, 1.165) is 0 Å². The van der Waals surface area contributed by atoms with Crippen molar-refractivity contribution in [3.63, 3.8) is 0 Å². The van der Waals surface area contributed by atoms with Crippen molar-refractivity contribution in [1.82, 2.24) is 4.90 Å². The van der Waals surface area contributed by atoms with Gasteiger partial charge in [-0.15, -0.1) is 6.42 Å². The lowest BCUT2D eigenvalue weighted by Crippen LogP contribution is -2.48. The van der Waals surface area contributed by atoms with Gasteiger partial charge in [-0.1, -0.05) is 5.92 Å². The Morgan fingerprint density at radius 2 is 2.33 bits per heavy atom. The number of carboxylic acid groups (broad SMARTS) is 1. The van der Waals surface area contributed by atoms with Crippen molar-refractivity contribution < 1.29 is 9.90 Å². The number of hydrogen-bond acceptors (Lipinski definition) is 1. The molecule has 0 aromatic carbocycles. The minimum Gasteiger partial charge on any atom is -0.465 e. The van der Waals surface area contributed by atoms with E-state index in [1.807, 2.05) is 0 Å². The Morgan fingerprint density at radius 3 is 2.67 bits per heavy atom. The lowest BCUT2D eigenvalue weighted by molar-refractivity contribution is 0.1000. The quantitative estimate of drug-likeness (QED) is 0.471. The van der Waals surface area contributed by atoms with Crippen LogP contribution >= 0.6 is 0 Å². The first-order valence-electron chi connectivity index (χ1n) is 2.68. The predicted molar refractivity (Wildman–Crippen MR) is 31.9 cm³/mol. The molecular weight excluding hydrogens is 118 g/mol. The Hall–Kier alpha value is -1.17. The molecule has 0 aromatic heterocycles. The van der Waals surface area contributed by atoms with Crippen LogP contribution in [0.1, 0.15) is 0 Å². The second-order valence-corrected chi connectivity index (χ2v) is 2.05. The van der Waals surface area contributed by atoms with Gasteiger partial charge in [0, 0.05) is 13.1 Å². The molecule has 0 spiro atoms. The lowest BCUT2D eigenvalue weighted by Gasteiger charge is -2.33. The van der Waals surface area contributed by atoms with E-state index in [4.69, 9.17) is 11.5 Å². The molecule has 9 heavy (non-hydrogen) atoms. The van der Waals surface area contributed by atoms with Crippen LogP contribution in [0.4, 0.5) is 4.79 Å². The number of terminal acetylenes is 1. The summed E-state index contributed by atoms with van der Waals surface area (Å²) in [6.45, 7) is 1.01. The highest BCUT2D eigenvalue weighted by Gasteiger charge is 2.28. The van der Waals surface area contributed by atoms with Crippen molar-refractivity contribution in [2.24, 2.45) is 5.92 Å². The molecule has 0 bridgehead atoms. The Kier molecular flexibility index (Phi) is 1.31. The predicted octanol–water partition coefficient (Wildman–Crippen LogP) is 0.229. The van der Waals surface area contributed by atoms with Gasteiger partial charge < -0.3 is 10.0 Å². The van der Waals surface area contributed by atoms with E-state index in [-0.39, 0.29) is 5.92 Å². The lowest BCUT2D eigenvalue weighted by atomic mass is 10.0. The van der Waals surface area contributed by atoms with Crippen LogP contribution in [0.2, 0.25) is 0 Å². The third-order valence-electron chi connectivity index (χ3n) is 1.39. The molecular formula is C6H7NO2. The van der Waals surface area contributed by atoms with Crippen LogP contribution in [0.3, 0.4) is 0 Å². The van der Waals surface area contributed by atoms with E-state index in [9.17, 15) is 4.79 Å². The molecule has 1 aliphatic heterocycles. The molecule has 1 fully saturated rings. The minimum atomic E-state index is -0.874. The molecule has 1 heterocycles. The van der Waals surface area contributed by atoms with Crippen LogP contribution in [0.5, 0.6) is 0 Å². The molecule has 1 aliphatic rings. The summed E-state index contributed by atoms with van der Waals surface area (Å²) in [6.07, 6.45) is 4.15. The zero-order valence-electron chi connectivity index (χ0n) is 4.87. The second kappa shape index (κ2) is 1.98. The molecule has 1 N–H and O–H groups in total. The fourth-order valence-electron chi connectivity index (χ4n) is 0.740. The van der Waals surface area contributed by atoms with Gasteiger partial charge in [0.1, 0.15) is 0 Å². The van der Waals surface area contributed by atoms with E-state index >= 15 is 0 Å². The fraction of sp³-hybridized carbons (Fsp3) is 0.500. The maximum absolute atomic E-state index is 10.1. The number of carbonyl (C=O) groups is 1. The van der Waals surface area contributed by atoms with Crippen LogP contribution in [0.25, 0.3) is 0 Å². The topological polar surface area (TPSA) is 40.5 Å². The van der Waals surface area contributed by atoms with Gasteiger partial charge in [0.15, 0.2) is 0 Å². The van der Waals surface area contributed by atoms with Crippen molar-refractivity contribution >= 4 is 6.09 Å². The summed E-state index contributed by atoms with van der Waals surface area (Å²) in [4.78, 5) is 11.4. The van der Waals surface area contributed by atoms with E-state index in [0.29, 0.717) is 13.1 Å². The molecule has 0 aromatic rings. The first kappa shape index (κ1) is 5.96. The highest BCUT2D eigenvalue weighted by Crippen LogP contribution is 2.13. The van der Waals surface area contributed by atoms with E-state index < -0.39 is 6.09 Å². The molecule has 0 aliphatic carbocycles. The molecule has 3 nitrogen and oxygen atoms in total. The van der Waals surface area contributed by atoms with Gasteiger partial charge in [-0.25, -0.2) is 4.79 Å². The van der Waals surface area contributed by atoms with Crippen molar-refractivity contribution in [3.05, 3.63) is 0 Å². The van der Waals surface area contributed by atoms with Gasteiger partial charge in [-0.2, -0.15) is 0 Å². The number of amides is 1. The maximum atomic E-state index is 10.1. The number of rotatable bonds is 0. The average molecular weight is 125 g/mol. The molecule has 48 valence electrons. The van der Waals surface area contributed by atoms with Crippen molar-refractivity contribution in [2.45, 2.75) is 0 Å². The summed E-state index contributed by atoms with van der Waals surface area (Å²) in [5, 5.41) is 8.30. The Balaban J connectivity index is 2.29. The third kappa shape index (κ3) is 0.968. The maximum Gasteiger partial charge on any atom is 0.407 e. The van der Waals surface area contributed by atoms with Gasteiger partial charge >= 0.3 is 6.09 Å². The van der Waals surface area contributed by atoms with E-state index in [1.54, 1.807) is 0 Å². The number of hydrogen-bond donors (Lipinski definition) is 1. The minimum absolute atomic E-state index is 0.154. The smallest absolute Gasteiger partial charge is 0.407 e. The number of likely N-dealkylation sites (tertiary alicyclic amines) is 1. The van der Waals surface area contributed by atoms with Crippen LogP contribution < -0.4 is 0 Å². The molecule has 1 amide bonds. The molecule has 0 unspecified atom stereocenters. The fourth-order valence-corrected chi connectivity index (χ4v) is 0.740. The molecule has 3 heteroatoms. The first-order valence-corrected chi connectivity index (χ1v) is 2.68. The first-order chi connectivity index (χ1) is 4.24. The summed E-state index contributed by atoms with van der Waals surface area (Å²) in [7, 11) is 0. The summed E-state index contributed by atoms with van der Waals surface area (Å²) < 4.78 is 0. The van der Waals surface area contributed by atoms with Gasteiger partial charge in [0.2, 0.25) is 0 Å². The van der Waals surface area contributed by atoms with Crippen LogP contribution in [0, 0.1) is 18.3 Å². The SMILES string of the molecule is C#CC1CN(C(=O)O)C1. The zero-order chi connectivity index (χ0) is 6.85. The van der Waals surface area contributed by atoms with Gasteiger partial charge in [-0.3, -0.25) is 0 Å². The van der Waals surface area contributed by atoms with Gasteiger partial charge in [0.05, 0.1) is 5.92 Å². The molecule has 1 rings (SSSR count). The Labute approximate surface area is 53.3 Å². The largest absolute Gasteiger partial charge is 0.465 e. The standard InChI is InChI=1S/C6H7NO2/c1-2-5-3-7(4-5)6(8)9/h1,5H,3-4H2,(H,8,9). The van der Waals surface area contributed by atoms with Crippen LogP contribution in [-0.2, 0) is 0 Å². The summed E-state index contributed by atoms with van der Waals surface area (Å²) >= 11 is 0. The summed E-state index contributed by atoms with van der Waals surface area (Å²) in [5.41, 5.74) is 0. The molecule has 1 saturated heterocycles. The highest BCUT2D eigenvalue weighted by atomic mass is 16.4. The number of nitrogens with zero attached hydrogens (tertiary/aromatic N) is 1. The van der Waals surface area contributed by atoms with Gasteiger partial charge in [0.25, 0.3) is 0 Å². The molecule has 0 radical (unpaired) electrons. The summed E-state index contributed by atoms with van der Waals surface area (Å²) in [6, 6.07) is 0. The summed E-state index contributed by atoms with van der Waals surface area (Å²) in [5.74, 6) is 2.64. The zero-order valence-corrected chi connectivity index (χ0v) is 4.87. The average Bonchev–Trinajstić information content (AvgIpc) is 1.61. The van der Waals surface area contributed by atoms with Crippen molar-refractivity contribution in [1.29, 1.82) is 0 Å². The van der Waals surface area contributed by atoms with E-state index in [2.05, 4.69) is 5.92 Å². The Morgan fingerprint density at radius 1 is 1.78 bits per heavy atom. The van der Waals surface area contributed by atoms with Crippen LogP contribution in [-0.4, -0.2) is 29.2 Å². The third-order valence-corrected chi connectivity index (χ3v) is 1.39. The van der Waals surface area contributed by atoms with Crippen molar-refractivity contribution in [3.8, 4) is 12.3 Å². The molecule has 0 atom stereocenters. The highest BCUT2D eigenvalue weighted by molar-refractivity contribution is 5.66. The van der Waals surface area contributed by atoms with Gasteiger partial charge in [-0.05, 0) is 0 Å². The monoisotopic (exact) mass is 125 g/mol. The van der Waals surface area contributed by atoms with E-state index in [1.165, 1.54) is 4.90 Å². The Bertz CT molecular complexity index is 164. The second-order valence-electron chi connectivity index (χ2n) is 2.05. The van der Waals surface area contributed by atoms with Crippen molar-refractivity contribution in [2.75, 3.05) is 13.1 Å².